The van der Waals surface area contributed by atoms with Crippen molar-refractivity contribution >= 4 is 5.82 Å². The summed E-state index contributed by atoms with van der Waals surface area (Å²) in [4.78, 5) is 8.91. The lowest BCUT2D eigenvalue weighted by atomic mass is 10.2. The summed E-state index contributed by atoms with van der Waals surface area (Å²) in [6.07, 6.45) is 5.60. The summed E-state index contributed by atoms with van der Waals surface area (Å²) >= 11 is 0. The second-order valence-corrected chi connectivity index (χ2v) is 6.26. The smallest absolute Gasteiger partial charge is 0.241 e. The van der Waals surface area contributed by atoms with Crippen molar-refractivity contribution in [1.29, 1.82) is 0 Å². The van der Waals surface area contributed by atoms with Crippen molar-refractivity contribution in [3.63, 3.8) is 0 Å². The lowest BCUT2D eigenvalue weighted by Crippen LogP contribution is -2.39. The third kappa shape index (κ3) is 3.53. The van der Waals surface area contributed by atoms with Gasteiger partial charge in [-0.15, -0.1) is 5.10 Å². The lowest BCUT2D eigenvalue weighted by Gasteiger charge is -2.28. The van der Waals surface area contributed by atoms with E-state index in [1.165, 1.54) is 0 Å². The van der Waals surface area contributed by atoms with Crippen LogP contribution in [0.1, 0.15) is 18.7 Å². The van der Waals surface area contributed by atoms with Gasteiger partial charge < -0.3 is 13.8 Å². The van der Waals surface area contributed by atoms with Crippen LogP contribution in [0.3, 0.4) is 0 Å². The Balaban J connectivity index is 1.38. The Morgan fingerprint density at radius 2 is 2.28 bits per heavy atom. The fourth-order valence-electron chi connectivity index (χ4n) is 3.25. The zero-order chi connectivity index (χ0) is 17.1. The first kappa shape index (κ1) is 15.8. The number of nitrogens with zero attached hydrogens (tertiary/aromatic N) is 6. The van der Waals surface area contributed by atoms with Gasteiger partial charge in [-0.05, 0) is 44.2 Å². The Morgan fingerprint density at radius 3 is 3.08 bits per heavy atom. The Labute approximate surface area is 145 Å². The van der Waals surface area contributed by atoms with E-state index in [1.54, 1.807) is 18.5 Å². The lowest BCUT2D eigenvalue weighted by molar-refractivity contribution is 0.254. The molecule has 8 nitrogen and oxygen atoms in total. The van der Waals surface area contributed by atoms with Gasteiger partial charge in [-0.25, -0.2) is 0 Å². The van der Waals surface area contributed by atoms with Crippen LogP contribution < -0.4 is 4.90 Å². The Hall–Kier alpha value is -2.74. The van der Waals surface area contributed by atoms with Gasteiger partial charge in [0.1, 0.15) is 0 Å². The van der Waals surface area contributed by atoms with Crippen molar-refractivity contribution in [2.75, 3.05) is 25.0 Å². The van der Waals surface area contributed by atoms with Gasteiger partial charge in [0.2, 0.25) is 11.7 Å². The molecule has 4 heterocycles. The van der Waals surface area contributed by atoms with Gasteiger partial charge in [0.15, 0.2) is 11.6 Å². The number of aromatic nitrogens is 4. The molecule has 8 heteroatoms. The molecule has 1 aliphatic rings. The van der Waals surface area contributed by atoms with Crippen molar-refractivity contribution in [2.45, 2.75) is 25.4 Å². The Kier molecular flexibility index (Phi) is 4.43. The van der Waals surface area contributed by atoms with Gasteiger partial charge in [0, 0.05) is 25.3 Å². The third-order valence-corrected chi connectivity index (χ3v) is 4.37. The number of furan rings is 1. The van der Waals surface area contributed by atoms with Gasteiger partial charge in [-0.1, -0.05) is 5.16 Å². The monoisotopic (exact) mass is 340 g/mol. The first-order chi connectivity index (χ1) is 12.3. The summed E-state index contributed by atoms with van der Waals surface area (Å²) in [5.41, 5.74) is 0. The van der Waals surface area contributed by atoms with E-state index in [0.717, 1.165) is 31.7 Å². The summed E-state index contributed by atoms with van der Waals surface area (Å²) < 4.78 is 10.6. The second kappa shape index (κ2) is 7.02. The first-order valence-corrected chi connectivity index (χ1v) is 8.39. The van der Waals surface area contributed by atoms with E-state index in [9.17, 15) is 0 Å². The summed E-state index contributed by atoms with van der Waals surface area (Å²) in [7, 11) is 2.06. The molecule has 0 aromatic carbocycles. The molecule has 0 radical (unpaired) electrons. The highest BCUT2D eigenvalue weighted by Gasteiger charge is 2.27. The maximum Gasteiger partial charge on any atom is 0.241 e. The predicted molar refractivity (Wildman–Crippen MR) is 90.7 cm³/mol. The van der Waals surface area contributed by atoms with E-state index < -0.39 is 0 Å². The molecule has 130 valence electrons. The minimum absolute atomic E-state index is 0.411. The van der Waals surface area contributed by atoms with Crippen LogP contribution in [0.2, 0.25) is 0 Å². The molecule has 3 aromatic rings. The zero-order valence-electron chi connectivity index (χ0n) is 14.1. The molecule has 0 N–H and O–H groups in total. The van der Waals surface area contributed by atoms with Gasteiger partial charge in [0.05, 0.1) is 12.8 Å². The van der Waals surface area contributed by atoms with Crippen LogP contribution in [-0.4, -0.2) is 51.4 Å². The molecule has 0 saturated carbocycles. The van der Waals surface area contributed by atoms with E-state index in [4.69, 9.17) is 8.94 Å². The molecule has 1 saturated heterocycles. The summed E-state index contributed by atoms with van der Waals surface area (Å²) in [5, 5.41) is 12.2. The quantitative estimate of drug-likeness (QED) is 0.675. The van der Waals surface area contributed by atoms with Gasteiger partial charge >= 0.3 is 0 Å². The van der Waals surface area contributed by atoms with Crippen LogP contribution in [0.15, 0.2) is 45.7 Å². The largest absolute Gasteiger partial charge is 0.461 e. The minimum Gasteiger partial charge on any atom is -0.461 e. The third-order valence-electron chi connectivity index (χ3n) is 4.37. The Bertz CT molecular complexity index is 789. The highest BCUT2D eigenvalue weighted by Crippen LogP contribution is 2.24. The van der Waals surface area contributed by atoms with Crippen LogP contribution in [0.5, 0.6) is 0 Å². The van der Waals surface area contributed by atoms with Crippen LogP contribution in [0.4, 0.5) is 5.82 Å². The number of rotatable bonds is 6. The van der Waals surface area contributed by atoms with E-state index in [1.807, 2.05) is 18.2 Å². The standard InChI is InChI=1S/C17H20N6O2/c1-22(12-16-19-17(21-25-16)14-6-4-10-24-14)11-13-5-3-9-23(13)15-7-2-8-18-20-15/h2,4,6-8,10,13H,3,5,9,11-12H2,1H3/t13-/m0/s1. The van der Waals surface area contributed by atoms with Crippen LogP contribution >= 0.6 is 0 Å². The Morgan fingerprint density at radius 1 is 1.32 bits per heavy atom. The van der Waals surface area contributed by atoms with E-state index in [2.05, 4.69) is 37.2 Å². The molecular formula is C17H20N6O2. The number of anilines is 1. The molecule has 0 amide bonds. The average Bonchev–Trinajstić information content (AvgIpc) is 3.37. The highest BCUT2D eigenvalue weighted by atomic mass is 16.5. The van der Waals surface area contributed by atoms with E-state index >= 15 is 0 Å². The SMILES string of the molecule is CN(Cc1nc(-c2ccco2)no1)C[C@@H]1CCCN1c1cccnn1. The summed E-state index contributed by atoms with van der Waals surface area (Å²) in [6.45, 7) is 2.51. The maximum atomic E-state index is 5.34. The fraction of sp³-hybridized carbons (Fsp3) is 0.412. The van der Waals surface area contributed by atoms with Crippen molar-refractivity contribution in [1.82, 2.24) is 25.2 Å². The van der Waals surface area contributed by atoms with Crippen LogP contribution in [-0.2, 0) is 6.54 Å². The predicted octanol–water partition coefficient (Wildman–Crippen LogP) is 2.22. The number of hydrogen-bond donors (Lipinski definition) is 0. The number of hydrogen-bond acceptors (Lipinski definition) is 8. The van der Waals surface area contributed by atoms with Gasteiger partial charge in [-0.2, -0.15) is 10.1 Å². The van der Waals surface area contributed by atoms with Crippen molar-refractivity contribution in [3.8, 4) is 11.6 Å². The molecule has 0 aliphatic carbocycles. The minimum atomic E-state index is 0.411. The molecule has 4 rings (SSSR count). The van der Waals surface area contributed by atoms with E-state index in [0.29, 0.717) is 30.1 Å². The fourth-order valence-corrected chi connectivity index (χ4v) is 3.25. The first-order valence-electron chi connectivity index (χ1n) is 8.39. The highest BCUT2D eigenvalue weighted by molar-refractivity contribution is 5.44. The maximum absolute atomic E-state index is 5.34. The average molecular weight is 340 g/mol. The molecule has 1 atom stereocenters. The van der Waals surface area contributed by atoms with Gasteiger partial charge in [0.25, 0.3) is 0 Å². The molecule has 1 fully saturated rings. The van der Waals surface area contributed by atoms with Crippen molar-refractivity contribution in [3.05, 3.63) is 42.6 Å². The molecule has 0 unspecified atom stereocenters. The van der Waals surface area contributed by atoms with Crippen LogP contribution in [0.25, 0.3) is 11.6 Å². The molecule has 1 aliphatic heterocycles. The zero-order valence-corrected chi connectivity index (χ0v) is 14.1. The van der Waals surface area contributed by atoms with Gasteiger partial charge in [-0.3, -0.25) is 4.90 Å². The van der Waals surface area contributed by atoms with Crippen LogP contribution in [0, 0.1) is 0 Å². The molecule has 0 bridgehead atoms. The summed E-state index contributed by atoms with van der Waals surface area (Å²) in [5.74, 6) is 2.62. The summed E-state index contributed by atoms with van der Waals surface area (Å²) in [6, 6.07) is 7.97. The van der Waals surface area contributed by atoms with Crippen molar-refractivity contribution in [2.24, 2.45) is 0 Å². The molecule has 3 aromatic heterocycles. The number of likely N-dealkylation sites (N-methyl/N-ethyl adjacent to an activating group) is 1. The topological polar surface area (TPSA) is 84.3 Å². The second-order valence-electron chi connectivity index (χ2n) is 6.26. The van der Waals surface area contributed by atoms with Crippen molar-refractivity contribution < 1.29 is 8.94 Å². The van der Waals surface area contributed by atoms with E-state index in [-0.39, 0.29) is 0 Å². The molecule has 0 spiro atoms. The normalized spacial score (nSPS) is 17.5. The molecule has 25 heavy (non-hydrogen) atoms. The molecular weight excluding hydrogens is 320 g/mol.